The van der Waals surface area contributed by atoms with E-state index in [1.165, 1.54) is 16.3 Å². The highest BCUT2D eigenvalue weighted by Gasteiger charge is 2.23. The standard InChI is InChI=1S/C17H21NO2/c1-12-17(7-8-20-12)18-11-13-3-4-15-10-16(19-2)6-5-14(15)9-13/h3-6,9-10,12,17-18H,7-8,11H2,1-2H3. The largest absolute Gasteiger partial charge is 0.497 e. The Morgan fingerprint density at radius 2 is 2.00 bits per heavy atom. The van der Waals surface area contributed by atoms with E-state index >= 15 is 0 Å². The van der Waals surface area contributed by atoms with Gasteiger partial charge in [0, 0.05) is 19.2 Å². The molecule has 0 bridgehead atoms. The molecule has 2 aromatic carbocycles. The number of hydrogen-bond acceptors (Lipinski definition) is 3. The topological polar surface area (TPSA) is 30.5 Å². The van der Waals surface area contributed by atoms with Crippen molar-refractivity contribution in [3.63, 3.8) is 0 Å². The normalized spacial score (nSPS) is 22.3. The van der Waals surface area contributed by atoms with Crippen molar-refractivity contribution in [2.75, 3.05) is 13.7 Å². The second-order valence-corrected chi connectivity index (χ2v) is 5.40. The first-order valence-electron chi connectivity index (χ1n) is 7.18. The summed E-state index contributed by atoms with van der Waals surface area (Å²) in [6, 6.07) is 13.2. The fraction of sp³-hybridized carbons (Fsp3) is 0.412. The molecular weight excluding hydrogens is 250 g/mol. The zero-order chi connectivity index (χ0) is 13.9. The van der Waals surface area contributed by atoms with Crippen LogP contribution in [0.2, 0.25) is 0 Å². The molecule has 1 N–H and O–H groups in total. The maximum atomic E-state index is 5.57. The number of hydrogen-bond donors (Lipinski definition) is 1. The summed E-state index contributed by atoms with van der Waals surface area (Å²) < 4.78 is 10.8. The van der Waals surface area contributed by atoms with E-state index in [0.717, 1.165) is 25.3 Å². The first-order valence-corrected chi connectivity index (χ1v) is 7.18. The second-order valence-electron chi connectivity index (χ2n) is 5.40. The van der Waals surface area contributed by atoms with Gasteiger partial charge in [0.2, 0.25) is 0 Å². The lowest BCUT2D eigenvalue weighted by molar-refractivity contribution is 0.113. The van der Waals surface area contributed by atoms with Gasteiger partial charge in [0.25, 0.3) is 0 Å². The molecule has 3 nitrogen and oxygen atoms in total. The van der Waals surface area contributed by atoms with Crippen LogP contribution in [0.3, 0.4) is 0 Å². The third-order valence-electron chi connectivity index (χ3n) is 4.06. The minimum Gasteiger partial charge on any atom is -0.497 e. The molecule has 1 saturated heterocycles. The van der Waals surface area contributed by atoms with E-state index in [4.69, 9.17) is 9.47 Å². The maximum Gasteiger partial charge on any atom is 0.119 e. The van der Waals surface area contributed by atoms with Gasteiger partial charge in [-0.05, 0) is 47.9 Å². The zero-order valence-corrected chi connectivity index (χ0v) is 12.1. The van der Waals surface area contributed by atoms with Crippen LogP contribution < -0.4 is 10.1 Å². The van der Waals surface area contributed by atoms with Gasteiger partial charge in [0.1, 0.15) is 5.75 Å². The first-order chi connectivity index (χ1) is 9.76. The van der Waals surface area contributed by atoms with Gasteiger partial charge in [-0.1, -0.05) is 18.2 Å². The van der Waals surface area contributed by atoms with Gasteiger partial charge in [-0.2, -0.15) is 0 Å². The summed E-state index contributed by atoms with van der Waals surface area (Å²) in [6.45, 7) is 3.90. The molecule has 1 aliphatic heterocycles. The molecule has 0 aromatic heterocycles. The number of ether oxygens (including phenoxy) is 2. The van der Waals surface area contributed by atoms with Crippen molar-refractivity contribution >= 4 is 10.8 Å². The Morgan fingerprint density at radius 3 is 2.75 bits per heavy atom. The van der Waals surface area contributed by atoms with Crippen LogP contribution in [0.15, 0.2) is 36.4 Å². The molecule has 1 heterocycles. The van der Waals surface area contributed by atoms with Crippen LogP contribution in [0.4, 0.5) is 0 Å². The van der Waals surface area contributed by atoms with Gasteiger partial charge in [-0.15, -0.1) is 0 Å². The summed E-state index contributed by atoms with van der Waals surface area (Å²) in [4.78, 5) is 0. The van der Waals surface area contributed by atoms with Crippen molar-refractivity contribution in [2.45, 2.75) is 32.0 Å². The summed E-state index contributed by atoms with van der Waals surface area (Å²) in [7, 11) is 1.70. The summed E-state index contributed by atoms with van der Waals surface area (Å²) >= 11 is 0. The second kappa shape index (κ2) is 5.81. The molecule has 0 radical (unpaired) electrons. The first kappa shape index (κ1) is 13.4. The Kier molecular flexibility index (Phi) is 3.90. The van der Waals surface area contributed by atoms with Crippen molar-refractivity contribution in [3.05, 3.63) is 42.0 Å². The van der Waals surface area contributed by atoms with E-state index in [1.807, 2.05) is 6.07 Å². The average Bonchev–Trinajstić information content (AvgIpc) is 2.89. The van der Waals surface area contributed by atoms with E-state index in [0.29, 0.717) is 12.1 Å². The van der Waals surface area contributed by atoms with E-state index in [9.17, 15) is 0 Å². The number of benzene rings is 2. The van der Waals surface area contributed by atoms with Gasteiger partial charge in [0.15, 0.2) is 0 Å². The Hall–Kier alpha value is -1.58. The van der Waals surface area contributed by atoms with Gasteiger partial charge >= 0.3 is 0 Å². The van der Waals surface area contributed by atoms with Crippen LogP contribution in [0.25, 0.3) is 10.8 Å². The summed E-state index contributed by atoms with van der Waals surface area (Å²) in [5.41, 5.74) is 1.31. The van der Waals surface area contributed by atoms with Crippen molar-refractivity contribution < 1.29 is 9.47 Å². The summed E-state index contributed by atoms with van der Waals surface area (Å²) in [5.74, 6) is 0.903. The third-order valence-corrected chi connectivity index (χ3v) is 4.06. The molecule has 20 heavy (non-hydrogen) atoms. The van der Waals surface area contributed by atoms with Crippen LogP contribution >= 0.6 is 0 Å². The molecule has 106 valence electrons. The summed E-state index contributed by atoms with van der Waals surface area (Å²) in [6.07, 6.45) is 1.42. The van der Waals surface area contributed by atoms with E-state index in [-0.39, 0.29) is 0 Å². The minimum absolute atomic E-state index is 0.319. The van der Waals surface area contributed by atoms with Crippen molar-refractivity contribution in [1.82, 2.24) is 5.32 Å². The van der Waals surface area contributed by atoms with Gasteiger partial charge in [0.05, 0.1) is 13.2 Å². The van der Waals surface area contributed by atoms with Gasteiger partial charge < -0.3 is 14.8 Å². The van der Waals surface area contributed by atoms with Crippen LogP contribution in [0.1, 0.15) is 18.9 Å². The third kappa shape index (κ3) is 2.79. The fourth-order valence-electron chi connectivity index (χ4n) is 2.76. The lowest BCUT2D eigenvalue weighted by Gasteiger charge is -2.16. The number of rotatable bonds is 4. The van der Waals surface area contributed by atoms with Gasteiger partial charge in [-0.3, -0.25) is 0 Å². The maximum absolute atomic E-state index is 5.57. The molecule has 2 unspecified atom stereocenters. The molecule has 3 rings (SSSR count). The molecule has 0 saturated carbocycles. The molecule has 0 aliphatic carbocycles. The Balaban J connectivity index is 1.72. The molecule has 0 amide bonds. The number of methoxy groups -OCH3 is 1. The van der Waals surface area contributed by atoms with Crippen LogP contribution in [-0.2, 0) is 11.3 Å². The van der Waals surface area contributed by atoms with Crippen LogP contribution in [-0.4, -0.2) is 25.9 Å². The minimum atomic E-state index is 0.319. The predicted octanol–water partition coefficient (Wildman–Crippen LogP) is 3.12. The summed E-state index contributed by atoms with van der Waals surface area (Å²) in [5, 5.41) is 6.05. The van der Waals surface area contributed by atoms with Crippen molar-refractivity contribution in [3.8, 4) is 5.75 Å². The monoisotopic (exact) mass is 271 g/mol. The lowest BCUT2D eigenvalue weighted by atomic mass is 10.1. The highest BCUT2D eigenvalue weighted by molar-refractivity contribution is 5.84. The Morgan fingerprint density at radius 1 is 1.20 bits per heavy atom. The number of fused-ring (bicyclic) bond motifs is 1. The zero-order valence-electron chi connectivity index (χ0n) is 12.1. The van der Waals surface area contributed by atoms with E-state index in [1.54, 1.807) is 7.11 Å². The van der Waals surface area contributed by atoms with Crippen molar-refractivity contribution in [2.24, 2.45) is 0 Å². The molecule has 1 aliphatic rings. The molecule has 0 spiro atoms. The lowest BCUT2D eigenvalue weighted by Crippen LogP contribution is -2.34. The molecule has 3 heteroatoms. The highest BCUT2D eigenvalue weighted by Crippen LogP contribution is 2.22. The fourth-order valence-corrected chi connectivity index (χ4v) is 2.76. The SMILES string of the molecule is COc1ccc2cc(CNC3CCOC3C)ccc2c1. The van der Waals surface area contributed by atoms with E-state index < -0.39 is 0 Å². The van der Waals surface area contributed by atoms with E-state index in [2.05, 4.69) is 42.6 Å². The van der Waals surface area contributed by atoms with Crippen molar-refractivity contribution in [1.29, 1.82) is 0 Å². The number of nitrogens with one attached hydrogen (secondary N) is 1. The molecule has 2 aromatic rings. The molecule has 1 fully saturated rings. The molecule has 2 atom stereocenters. The molecular formula is C17H21NO2. The Bertz CT molecular complexity index is 597. The quantitative estimate of drug-likeness (QED) is 0.927. The smallest absolute Gasteiger partial charge is 0.119 e. The highest BCUT2D eigenvalue weighted by atomic mass is 16.5. The predicted molar refractivity (Wildman–Crippen MR) is 81.2 cm³/mol. The van der Waals surface area contributed by atoms with Crippen LogP contribution in [0, 0.1) is 0 Å². The van der Waals surface area contributed by atoms with Crippen LogP contribution in [0.5, 0.6) is 5.75 Å². The Labute approximate surface area is 119 Å². The van der Waals surface area contributed by atoms with Gasteiger partial charge in [-0.25, -0.2) is 0 Å². The average molecular weight is 271 g/mol.